The van der Waals surface area contributed by atoms with Crippen LogP contribution in [0.5, 0.6) is 5.88 Å². The molecule has 2 aromatic heterocycles. The van der Waals surface area contributed by atoms with Gasteiger partial charge in [0.05, 0.1) is 12.2 Å². The van der Waals surface area contributed by atoms with Crippen LogP contribution in [0.4, 0.5) is 4.39 Å². The highest BCUT2D eigenvalue weighted by molar-refractivity contribution is 7.10. The minimum Gasteiger partial charge on any atom is -0.472 e. The van der Waals surface area contributed by atoms with Gasteiger partial charge in [0.1, 0.15) is 6.10 Å². The van der Waals surface area contributed by atoms with Gasteiger partial charge in [-0.1, -0.05) is 0 Å². The smallest absolute Gasteiger partial charge is 0.250 e. The topological polar surface area (TPSA) is 34.6 Å². The van der Waals surface area contributed by atoms with E-state index in [-0.39, 0.29) is 17.6 Å². The fourth-order valence-corrected chi connectivity index (χ4v) is 4.52. The molecule has 2 aromatic rings. The van der Waals surface area contributed by atoms with Crippen molar-refractivity contribution in [3.8, 4) is 5.88 Å². The highest BCUT2D eigenvalue weighted by atomic mass is 32.1. The molecule has 0 N–H and O–H groups in total. The first-order valence-corrected chi connectivity index (χ1v) is 9.18. The molecule has 2 fully saturated rings. The lowest BCUT2D eigenvalue weighted by molar-refractivity contribution is -0.188. The number of rotatable bonds is 4. The standard InChI is InChI=1S/C18H21FN2O2S/c1-13-5-8-24-16(13)10-21-11-18(12-21)9-14(4-7-22-18)23-17-15(19)3-2-6-20-17/h2-3,5-6,8,14H,4,7,9-12H2,1H3/t14-/m0/s1. The van der Waals surface area contributed by atoms with Crippen molar-refractivity contribution >= 4 is 11.3 Å². The van der Waals surface area contributed by atoms with Crippen LogP contribution in [0.25, 0.3) is 0 Å². The van der Waals surface area contributed by atoms with E-state index in [9.17, 15) is 4.39 Å². The predicted octanol–water partition coefficient (Wildman–Crippen LogP) is 3.40. The molecule has 4 heterocycles. The first-order valence-electron chi connectivity index (χ1n) is 8.30. The third-order valence-corrected chi connectivity index (χ3v) is 5.82. The quantitative estimate of drug-likeness (QED) is 0.848. The van der Waals surface area contributed by atoms with E-state index >= 15 is 0 Å². The number of pyridine rings is 1. The minimum atomic E-state index is -0.401. The van der Waals surface area contributed by atoms with Crippen LogP contribution in [-0.4, -0.2) is 41.3 Å². The van der Waals surface area contributed by atoms with Crippen LogP contribution in [0.15, 0.2) is 29.8 Å². The summed E-state index contributed by atoms with van der Waals surface area (Å²) in [6.07, 6.45) is 3.10. The molecular formula is C18H21FN2O2S. The first-order chi connectivity index (χ1) is 11.6. The SMILES string of the molecule is Cc1ccsc1CN1CC2(C[C@@H](Oc3ncccc3F)CCO2)C1. The van der Waals surface area contributed by atoms with Crippen LogP contribution in [-0.2, 0) is 11.3 Å². The van der Waals surface area contributed by atoms with E-state index in [4.69, 9.17) is 9.47 Å². The number of ether oxygens (including phenoxy) is 2. The van der Waals surface area contributed by atoms with Gasteiger partial charge in [-0.3, -0.25) is 4.90 Å². The van der Waals surface area contributed by atoms with Gasteiger partial charge in [-0.2, -0.15) is 0 Å². The zero-order valence-electron chi connectivity index (χ0n) is 13.7. The molecule has 4 rings (SSSR count). The first kappa shape index (κ1) is 16.0. The van der Waals surface area contributed by atoms with Gasteiger partial charge in [0.15, 0.2) is 5.82 Å². The maximum absolute atomic E-state index is 13.7. The number of thiophene rings is 1. The lowest BCUT2D eigenvalue weighted by Gasteiger charge is -2.53. The van der Waals surface area contributed by atoms with Crippen LogP contribution in [0.1, 0.15) is 23.3 Å². The fraction of sp³-hybridized carbons (Fsp3) is 0.500. The van der Waals surface area contributed by atoms with Crippen molar-refractivity contribution in [2.75, 3.05) is 19.7 Å². The molecule has 0 aliphatic carbocycles. The average molecular weight is 348 g/mol. The summed E-state index contributed by atoms with van der Waals surface area (Å²) in [6.45, 7) is 5.62. The molecule has 0 radical (unpaired) electrons. The molecule has 0 unspecified atom stereocenters. The Bertz CT molecular complexity index is 715. The maximum Gasteiger partial charge on any atom is 0.250 e. The number of aromatic nitrogens is 1. The molecule has 0 amide bonds. The second-order valence-electron chi connectivity index (χ2n) is 6.73. The third kappa shape index (κ3) is 3.18. The van der Waals surface area contributed by atoms with Crippen molar-refractivity contribution < 1.29 is 13.9 Å². The zero-order chi connectivity index (χ0) is 16.6. The van der Waals surface area contributed by atoms with Crippen molar-refractivity contribution in [1.82, 2.24) is 9.88 Å². The Balaban J connectivity index is 1.34. The van der Waals surface area contributed by atoms with E-state index in [0.717, 1.165) is 32.5 Å². The van der Waals surface area contributed by atoms with Gasteiger partial charge >= 0.3 is 0 Å². The lowest BCUT2D eigenvalue weighted by Crippen LogP contribution is -2.65. The average Bonchev–Trinajstić information content (AvgIpc) is 2.94. The molecule has 4 nitrogen and oxygen atoms in total. The molecule has 2 aliphatic rings. The molecule has 6 heteroatoms. The van der Waals surface area contributed by atoms with Crippen molar-refractivity contribution in [2.45, 2.75) is 38.0 Å². The maximum atomic E-state index is 13.7. The van der Waals surface area contributed by atoms with Gasteiger partial charge in [-0.05, 0) is 36.1 Å². The monoisotopic (exact) mass is 348 g/mol. The van der Waals surface area contributed by atoms with E-state index in [0.29, 0.717) is 6.61 Å². The van der Waals surface area contributed by atoms with Gasteiger partial charge in [-0.15, -0.1) is 11.3 Å². The van der Waals surface area contributed by atoms with Crippen molar-refractivity contribution in [2.24, 2.45) is 0 Å². The molecule has 1 spiro atoms. The van der Waals surface area contributed by atoms with Crippen molar-refractivity contribution in [1.29, 1.82) is 0 Å². The number of nitrogens with zero attached hydrogens (tertiary/aromatic N) is 2. The van der Waals surface area contributed by atoms with Gasteiger partial charge in [0.25, 0.3) is 5.88 Å². The summed E-state index contributed by atoms with van der Waals surface area (Å²) in [4.78, 5) is 7.82. The van der Waals surface area contributed by atoms with Gasteiger partial charge in [-0.25, -0.2) is 9.37 Å². The zero-order valence-corrected chi connectivity index (χ0v) is 14.5. The van der Waals surface area contributed by atoms with Crippen LogP contribution in [0.2, 0.25) is 0 Å². The molecular weight excluding hydrogens is 327 g/mol. The molecule has 24 heavy (non-hydrogen) atoms. The van der Waals surface area contributed by atoms with Crippen molar-refractivity contribution in [3.05, 3.63) is 46.0 Å². The number of likely N-dealkylation sites (tertiary alicyclic amines) is 1. The van der Waals surface area contributed by atoms with Crippen LogP contribution >= 0.6 is 11.3 Å². The van der Waals surface area contributed by atoms with E-state index in [1.165, 1.54) is 16.5 Å². The highest BCUT2D eigenvalue weighted by Gasteiger charge is 2.48. The molecule has 0 aromatic carbocycles. The second kappa shape index (κ2) is 6.43. The van der Waals surface area contributed by atoms with Crippen LogP contribution in [0, 0.1) is 12.7 Å². The van der Waals surface area contributed by atoms with E-state index in [2.05, 4.69) is 28.3 Å². The highest BCUT2D eigenvalue weighted by Crippen LogP contribution is 2.37. The van der Waals surface area contributed by atoms with Crippen molar-refractivity contribution in [3.63, 3.8) is 0 Å². The normalized spacial score (nSPS) is 23.2. The summed E-state index contributed by atoms with van der Waals surface area (Å²) in [7, 11) is 0. The summed E-state index contributed by atoms with van der Waals surface area (Å²) in [5.74, 6) is -0.300. The van der Waals surface area contributed by atoms with E-state index in [1.807, 2.05) is 11.3 Å². The minimum absolute atomic E-state index is 0.0335. The van der Waals surface area contributed by atoms with E-state index in [1.54, 1.807) is 12.3 Å². The Morgan fingerprint density at radius 1 is 1.46 bits per heavy atom. The van der Waals surface area contributed by atoms with Gasteiger partial charge in [0, 0.05) is 43.5 Å². The van der Waals surface area contributed by atoms with Gasteiger partial charge < -0.3 is 9.47 Å². The second-order valence-corrected chi connectivity index (χ2v) is 7.73. The molecule has 0 saturated carbocycles. The summed E-state index contributed by atoms with van der Waals surface area (Å²) in [5.41, 5.74) is 1.22. The Hall–Kier alpha value is -1.50. The third-order valence-electron chi connectivity index (χ3n) is 4.81. The predicted molar refractivity (Wildman–Crippen MR) is 90.9 cm³/mol. The number of hydrogen-bond acceptors (Lipinski definition) is 5. The summed E-state index contributed by atoms with van der Waals surface area (Å²) < 4.78 is 25.6. The largest absolute Gasteiger partial charge is 0.472 e. The fourth-order valence-electron chi connectivity index (χ4n) is 3.57. The molecule has 2 saturated heterocycles. The molecule has 1 atom stereocenters. The Labute approximate surface area is 145 Å². The summed E-state index contributed by atoms with van der Waals surface area (Å²) in [6, 6.07) is 5.12. The molecule has 0 bridgehead atoms. The molecule has 128 valence electrons. The number of aryl methyl sites for hydroxylation is 1. The number of halogens is 1. The number of hydrogen-bond donors (Lipinski definition) is 0. The Kier molecular flexibility index (Phi) is 4.28. The van der Waals surface area contributed by atoms with Crippen LogP contribution in [0.3, 0.4) is 0 Å². The summed E-state index contributed by atoms with van der Waals surface area (Å²) >= 11 is 1.81. The van der Waals surface area contributed by atoms with E-state index < -0.39 is 5.82 Å². The van der Waals surface area contributed by atoms with Gasteiger partial charge in [0.2, 0.25) is 0 Å². The summed E-state index contributed by atoms with van der Waals surface area (Å²) in [5, 5.41) is 2.14. The Morgan fingerprint density at radius 2 is 2.33 bits per heavy atom. The van der Waals surface area contributed by atoms with Crippen LogP contribution < -0.4 is 4.74 Å². The lowest BCUT2D eigenvalue weighted by atomic mass is 9.84. The molecule has 2 aliphatic heterocycles. The Morgan fingerprint density at radius 3 is 3.08 bits per heavy atom.